The third kappa shape index (κ3) is 5.83. The maximum atomic E-state index is 13.3. The van der Waals surface area contributed by atoms with E-state index in [1.54, 1.807) is 0 Å². The highest BCUT2D eigenvalue weighted by Crippen LogP contribution is 2.67. The molecule has 0 saturated heterocycles. The Morgan fingerprint density at radius 3 is 0.667 bits per heavy atom. The van der Waals surface area contributed by atoms with Crippen molar-refractivity contribution in [2.75, 3.05) is 28.2 Å². The van der Waals surface area contributed by atoms with Crippen molar-refractivity contribution in [3.8, 4) is 0 Å². The fourth-order valence-corrected chi connectivity index (χ4v) is 1.88. The number of carboxylic acid groups (broad SMARTS) is 1. The lowest BCUT2D eigenvalue weighted by Crippen LogP contribution is -2.78. The van der Waals surface area contributed by atoms with Crippen LogP contribution in [0, 0.1) is 0 Å². The van der Waals surface area contributed by atoms with Crippen LogP contribution >= 0.6 is 0 Å². The molecule has 0 aromatic rings. The lowest BCUT2D eigenvalue weighted by molar-refractivity contribution is -0.849. The van der Waals surface area contributed by atoms with Crippen LogP contribution < -0.4 is 5.11 Å². The maximum absolute atomic E-state index is 13.3. The molecule has 0 aliphatic heterocycles. The van der Waals surface area contributed by atoms with Crippen molar-refractivity contribution in [2.24, 2.45) is 0 Å². The Balaban J connectivity index is 0. The van der Waals surface area contributed by atoms with Crippen molar-refractivity contribution >= 4 is 5.97 Å². The van der Waals surface area contributed by atoms with Crippen LogP contribution in [0.1, 0.15) is 0 Å². The number of hydrogen-bond acceptors (Lipinski definition) is 2. The zero-order chi connectivity index (χ0) is 35.6. The first-order valence-corrected chi connectivity index (χ1v) is 9.29. The summed E-state index contributed by atoms with van der Waals surface area (Å²) in [6.07, 6.45) is -8.14. The van der Waals surface area contributed by atoms with Gasteiger partial charge in [0.2, 0.25) is 0 Å². The monoisotopic (exact) mass is 687 g/mol. The van der Waals surface area contributed by atoms with E-state index in [2.05, 4.69) is 28.2 Å². The largest absolute Gasteiger partial charge is 0.544 e. The van der Waals surface area contributed by atoms with Gasteiger partial charge in [-0.05, 0) is 0 Å². The van der Waals surface area contributed by atoms with E-state index in [1.807, 2.05) is 0 Å². The molecule has 42 heavy (non-hydrogen) atoms. The Kier molecular flexibility index (Phi) is 10.5. The Morgan fingerprint density at radius 2 is 0.524 bits per heavy atom. The minimum Gasteiger partial charge on any atom is -0.544 e. The van der Waals surface area contributed by atoms with Crippen molar-refractivity contribution in [3.05, 3.63) is 0 Å². The van der Waals surface area contributed by atoms with E-state index in [1.165, 1.54) is 0 Å². The van der Waals surface area contributed by atoms with Crippen molar-refractivity contribution in [1.82, 2.24) is 0 Å². The van der Waals surface area contributed by atoms with E-state index < -0.39 is 71.4 Å². The Morgan fingerprint density at radius 1 is 0.381 bits per heavy atom. The van der Waals surface area contributed by atoms with Crippen molar-refractivity contribution in [3.63, 3.8) is 0 Å². The number of halogens is 23. The smallest absolute Gasteiger partial charge is 0.460 e. The second-order valence-corrected chi connectivity index (χ2v) is 9.21. The summed E-state index contributed by atoms with van der Waals surface area (Å²) in [4.78, 5) is 9.74. The van der Waals surface area contributed by atoms with Gasteiger partial charge in [0.25, 0.3) is 0 Å². The lowest BCUT2D eigenvalue weighted by atomic mass is 9.85. The first-order chi connectivity index (χ1) is 17.4. The molecule has 26 heteroatoms. The Hall–Kier alpha value is -2.18. The number of rotatable bonds is 10. The molecule has 0 N–H and O–H groups in total. The summed E-state index contributed by atoms with van der Waals surface area (Å²) in [6.45, 7) is 0. The summed E-state index contributed by atoms with van der Waals surface area (Å²) >= 11 is 0. The third-order valence-corrected chi connectivity index (χ3v) is 4.16. The first-order valence-electron chi connectivity index (χ1n) is 9.29. The summed E-state index contributed by atoms with van der Waals surface area (Å²) in [5.74, 6) is -95.1. The zero-order valence-corrected chi connectivity index (χ0v) is 20.0. The van der Waals surface area contributed by atoms with Crippen molar-refractivity contribution < 1.29 is 115 Å². The molecule has 254 valence electrons. The van der Waals surface area contributed by atoms with E-state index in [4.69, 9.17) is 0 Å². The molecule has 0 amide bonds. The van der Waals surface area contributed by atoms with E-state index in [0.717, 1.165) is 4.48 Å². The van der Waals surface area contributed by atoms with Gasteiger partial charge in [-0.25, -0.2) is 0 Å². The number of hydrogen-bond donors (Lipinski definition) is 0. The molecule has 0 aromatic heterocycles. The van der Waals surface area contributed by atoms with Gasteiger partial charge in [0.1, 0.15) is 5.97 Å². The number of carbonyl (C=O) groups is 1. The number of nitrogens with zero attached hydrogens (tertiary/aromatic N) is 1. The molecule has 0 radical (unpaired) electrons. The SMILES string of the molecule is C[N+](C)(C)C.O=C([O-])C(F)(F)C(F)(F)C(F)(F)C(F)(F)C(F)(F)C(F)(F)C(F)(F)C(F)(F)C(F)(F)C(F)(F)C(F)(F)F. The molecule has 0 rings (SSSR count). The highest BCUT2D eigenvalue weighted by Gasteiger charge is 2.98. The van der Waals surface area contributed by atoms with Gasteiger partial charge in [-0.3, -0.25) is 0 Å². The van der Waals surface area contributed by atoms with Crippen LogP contribution in [0.25, 0.3) is 0 Å². The predicted molar refractivity (Wildman–Crippen MR) is 84.5 cm³/mol. The molecule has 0 heterocycles. The normalized spacial score (nSPS) is 16.2. The summed E-state index contributed by atoms with van der Waals surface area (Å²) < 4.78 is 298. The third-order valence-electron chi connectivity index (χ3n) is 4.16. The fraction of sp³-hybridized carbons (Fsp3) is 0.938. The molecule has 0 aliphatic carbocycles. The van der Waals surface area contributed by atoms with Gasteiger partial charge in [-0.15, -0.1) is 0 Å². The van der Waals surface area contributed by atoms with Gasteiger partial charge in [-0.1, -0.05) is 0 Å². The van der Waals surface area contributed by atoms with E-state index in [9.17, 15) is 111 Å². The van der Waals surface area contributed by atoms with Gasteiger partial charge < -0.3 is 14.4 Å². The number of carbonyl (C=O) groups excluding carboxylic acids is 1. The second kappa shape index (κ2) is 10.5. The Bertz CT molecular complexity index is 968. The minimum atomic E-state index is -9.52. The molecular weight excluding hydrogens is 675 g/mol. The van der Waals surface area contributed by atoms with E-state index in [0.29, 0.717) is 0 Å². The summed E-state index contributed by atoms with van der Waals surface area (Å²) in [5, 5.41) is 9.74. The molecule has 3 nitrogen and oxygen atoms in total. The van der Waals surface area contributed by atoms with Gasteiger partial charge in [-0.2, -0.15) is 101 Å². The average Bonchev–Trinajstić information content (AvgIpc) is 2.70. The van der Waals surface area contributed by atoms with Crippen LogP contribution in [0.4, 0.5) is 101 Å². The standard InChI is InChI=1S/C12HF23O2.C4H12N/c13-2(14,1(36)37)3(15,16)4(17,18)5(19,20)6(21,22)7(23,24)8(25,26)9(27,28)10(29,30)11(31,32)12(33,34)35;1-5(2,3)4/h(H,36,37);1-4H3/q;+1/p-1. The van der Waals surface area contributed by atoms with Gasteiger partial charge >= 0.3 is 65.4 Å². The first kappa shape index (κ1) is 42.0. The molecular formula is C16H12F23NO2. The molecule has 0 aromatic carbocycles. The molecule has 0 atom stereocenters. The Labute approximate surface area is 216 Å². The molecule has 0 bridgehead atoms. The second-order valence-electron chi connectivity index (χ2n) is 9.21. The van der Waals surface area contributed by atoms with Crippen LogP contribution in [0.5, 0.6) is 0 Å². The van der Waals surface area contributed by atoms with Crippen LogP contribution in [0.15, 0.2) is 0 Å². The zero-order valence-electron chi connectivity index (χ0n) is 20.0. The molecule has 0 fully saturated rings. The summed E-state index contributed by atoms with van der Waals surface area (Å²) in [5.41, 5.74) is 0. The van der Waals surface area contributed by atoms with Crippen LogP contribution in [-0.2, 0) is 4.79 Å². The molecule has 0 saturated carbocycles. The van der Waals surface area contributed by atoms with Crippen molar-refractivity contribution in [1.29, 1.82) is 0 Å². The molecule has 0 aliphatic rings. The highest BCUT2D eigenvalue weighted by molar-refractivity contribution is 5.75. The van der Waals surface area contributed by atoms with Gasteiger partial charge in [0.05, 0.1) is 28.2 Å². The minimum absolute atomic E-state index is 1.00. The summed E-state index contributed by atoms with van der Waals surface area (Å²) in [6, 6.07) is 0. The highest BCUT2D eigenvalue weighted by atomic mass is 19.4. The number of aliphatic carboxylic acids is 1. The quantitative estimate of drug-likeness (QED) is 0.210. The number of alkyl halides is 23. The number of carboxylic acids is 1. The maximum Gasteiger partial charge on any atom is 0.460 e. The lowest BCUT2D eigenvalue weighted by Gasteiger charge is -2.45. The van der Waals surface area contributed by atoms with Crippen LogP contribution in [0.3, 0.4) is 0 Å². The van der Waals surface area contributed by atoms with Gasteiger partial charge in [0.15, 0.2) is 0 Å². The topological polar surface area (TPSA) is 40.1 Å². The number of quaternary nitrogens is 1. The van der Waals surface area contributed by atoms with E-state index in [-0.39, 0.29) is 0 Å². The predicted octanol–water partition coefficient (Wildman–Crippen LogP) is 5.97. The average molecular weight is 687 g/mol. The van der Waals surface area contributed by atoms with Crippen LogP contribution in [0.2, 0.25) is 0 Å². The fourth-order valence-electron chi connectivity index (χ4n) is 1.88. The molecule has 0 unspecified atom stereocenters. The van der Waals surface area contributed by atoms with Crippen molar-refractivity contribution in [2.45, 2.75) is 65.4 Å². The van der Waals surface area contributed by atoms with Gasteiger partial charge in [0, 0.05) is 0 Å². The van der Waals surface area contributed by atoms with Crippen LogP contribution in [-0.4, -0.2) is 104 Å². The van der Waals surface area contributed by atoms with E-state index >= 15 is 0 Å². The molecule has 0 spiro atoms. The summed E-state index contributed by atoms with van der Waals surface area (Å²) in [7, 11) is 8.50.